The van der Waals surface area contributed by atoms with Gasteiger partial charge in [0.2, 0.25) is 0 Å². The van der Waals surface area contributed by atoms with Crippen molar-refractivity contribution in [2.24, 2.45) is 0 Å². The number of carboxylic acids is 1. The third kappa shape index (κ3) is 3.62. The average molecular weight is 207 g/mol. The lowest BCUT2D eigenvalue weighted by Crippen LogP contribution is -2.22. The second-order valence-electron chi connectivity index (χ2n) is 3.54. The van der Waals surface area contributed by atoms with E-state index in [4.69, 9.17) is 4.74 Å². The zero-order valence-corrected chi connectivity index (χ0v) is 9.08. The van der Waals surface area contributed by atoms with Crippen molar-refractivity contribution in [3.8, 4) is 5.75 Å². The van der Waals surface area contributed by atoms with Crippen LogP contribution in [0, 0.1) is 13.8 Å². The molecule has 82 valence electrons. The molecule has 0 heterocycles. The number of carbonyl (C=O) groups excluding carboxylic acids is 1. The summed E-state index contributed by atoms with van der Waals surface area (Å²) < 4.78 is 5.53. The molecule has 0 aliphatic carbocycles. The molecule has 15 heavy (non-hydrogen) atoms. The van der Waals surface area contributed by atoms with Gasteiger partial charge in [0.25, 0.3) is 0 Å². The Morgan fingerprint density at radius 1 is 1.33 bits per heavy atom. The first-order valence-electron chi connectivity index (χ1n) is 5.00. The summed E-state index contributed by atoms with van der Waals surface area (Å²) in [5.74, 6) is -0.170. The number of aliphatic carboxylic acids is 1. The maximum absolute atomic E-state index is 10.2. The van der Waals surface area contributed by atoms with Crippen LogP contribution in [0.4, 0.5) is 0 Å². The third-order valence-corrected chi connectivity index (χ3v) is 2.18. The lowest BCUT2D eigenvalue weighted by atomic mass is 10.1. The predicted octanol–water partition coefficient (Wildman–Crippen LogP) is 1.21. The second kappa shape index (κ2) is 5.39. The first-order chi connectivity index (χ1) is 7.11. The van der Waals surface area contributed by atoms with Crippen LogP contribution in [-0.4, -0.2) is 12.6 Å². The van der Waals surface area contributed by atoms with Gasteiger partial charge in [-0.25, -0.2) is 0 Å². The van der Waals surface area contributed by atoms with Crippen molar-refractivity contribution in [2.75, 3.05) is 6.61 Å². The normalized spacial score (nSPS) is 10.0. The first-order valence-corrected chi connectivity index (χ1v) is 5.00. The Kier molecular flexibility index (Phi) is 4.16. The van der Waals surface area contributed by atoms with Crippen molar-refractivity contribution in [2.45, 2.75) is 26.7 Å². The van der Waals surface area contributed by atoms with Gasteiger partial charge in [-0.15, -0.1) is 0 Å². The number of benzene rings is 1. The van der Waals surface area contributed by atoms with E-state index in [0.717, 1.165) is 16.9 Å². The molecule has 1 aromatic carbocycles. The largest absolute Gasteiger partial charge is 0.550 e. The Bertz CT molecular complexity index is 324. The fraction of sp³-hybridized carbons (Fsp3) is 0.417. The van der Waals surface area contributed by atoms with Crippen LogP contribution in [0.15, 0.2) is 18.2 Å². The molecule has 0 N–H and O–H groups in total. The van der Waals surface area contributed by atoms with Gasteiger partial charge < -0.3 is 14.6 Å². The van der Waals surface area contributed by atoms with Crippen molar-refractivity contribution >= 4 is 5.97 Å². The molecule has 0 unspecified atom stereocenters. The van der Waals surface area contributed by atoms with Gasteiger partial charge >= 0.3 is 0 Å². The van der Waals surface area contributed by atoms with Crippen LogP contribution in [0.25, 0.3) is 0 Å². The van der Waals surface area contributed by atoms with Crippen LogP contribution in [0.5, 0.6) is 5.75 Å². The summed E-state index contributed by atoms with van der Waals surface area (Å²) in [5.41, 5.74) is 2.15. The molecule has 0 bridgehead atoms. The van der Waals surface area contributed by atoms with Gasteiger partial charge in [0, 0.05) is 5.97 Å². The number of aryl methyl sites for hydroxylation is 2. The van der Waals surface area contributed by atoms with Crippen LogP contribution in [0.3, 0.4) is 0 Å². The molecular weight excluding hydrogens is 192 g/mol. The zero-order valence-electron chi connectivity index (χ0n) is 9.08. The van der Waals surface area contributed by atoms with Crippen molar-refractivity contribution < 1.29 is 14.6 Å². The Morgan fingerprint density at radius 3 is 2.47 bits per heavy atom. The van der Waals surface area contributed by atoms with Gasteiger partial charge in [-0.2, -0.15) is 0 Å². The highest BCUT2D eigenvalue weighted by Gasteiger charge is 2.02. The minimum Gasteiger partial charge on any atom is -0.550 e. The number of carboxylic acid groups (broad SMARTS) is 1. The number of hydrogen-bond acceptors (Lipinski definition) is 3. The van der Waals surface area contributed by atoms with E-state index in [0.29, 0.717) is 13.0 Å². The summed E-state index contributed by atoms with van der Waals surface area (Å²) in [4.78, 5) is 10.2. The minimum atomic E-state index is -1.03. The molecule has 0 fully saturated rings. The minimum absolute atomic E-state index is 0.0466. The molecular formula is C12H15O3-. The number of hydrogen-bond donors (Lipinski definition) is 0. The summed E-state index contributed by atoms with van der Waals surface area (Å²) >= 11 is 0. The molecule has 3 heteroatoms. The van der Waals surface area contributed by atoms with Crippen molar-refractivity contribution in [1.82, 2.24) is 0 Å². The van der Waals surface area contributed by atoms with Crippen molar-refractivity contribution in [1.29, 1.82) is 0 Å². The Labute approximate surface area is 89.7 Å². The van der Waals surface area contributed by atoms with Crippen LogP contribution in [-0.2, 0) is 4.79 Å². The van der Waals surface area contributed by atoms with Gasteiger partial charge in [0.15, 0.2) is 0 Å². The van der Waals surface area contributed by atoms with E-state index in [1.807, 2.05) is 32.0 Å². The fourth-order valence-electron chi connectivity index (χ4n) is 1.42. The fourth-order valence-corrected chi connectivity index (χ4v) is 1.42. The zero-order chi connectivity index (χ0) is 11.3. The van der Waals surface area contributed by atoms with Gasteiger partial charge in [-0.3, -0.25) is 0 Å². The van der Waals surface area contributed by atoms with E-state index in [1.165, 1.54) is 0 Å². The van der Waals surface area contributed by atoms with Crippen LogP contribution >= 0.6 is 0 Å². The lowest BCUT2D eigenvalue weighted by Gasteiger charge is -2.11. The molecule has 0 radical (unpaired) electrons. The SMILES string of the molecule is Cc1cccc(C)c1OCCCC(=O)[O-]. The van der Waals surface area contributed by atoms with E-state index in [2.05, 4.69) is 0 Å². The molecule has 0 atom stereocenters. The lowest BCUT2D eigenvalue weighted by molar-refractivity contribution is -0.305. The highest BCUT2D eigenvalue weighted by Crippen LogP contribution is 2.22. The first kappa shape index (κ1) is 11.6. The van der Waals surface area contributed by atoms with E-state index >= 15 is 0 Å². The summed E-state index contributed by atoms with van der Waals surface area (Å²) in [5, 5.41) is 10.2. The van der Waals surface area contributed by atoms with Crippen LogP contribution < -0.4 is 9.84 Å². The predicted molar refractivity (Wildman–Crippen MR) is 55.7 cm³/mol. The Morgan fingerprint density at radius 2 is 1.93 bits per heavy atom. The second-order valence-corrected chi connectivity index (χ2v) is 3.54. The Balaban J connectivity index is 2.47. The molecule has 0 aromatic heterocycles. The van der Waals surface area contributed by atoms with Gasteiger partial charge in [-0.1, -0.05) is 18.2 Å². The van der Waals surface area contributed by atoms with Crippen molar-refractivity contribution in [3.05, 3.63) is 29.3 Å². The highest BCUT2D eigenvalue weighted by molar-refractivity contribution is 5.64. The number of rotatable bonds is 5. The van der Waals surface area contributed by atoms with E-state index < -0.39 is 5.97 Å². The standard InChI is InChI=1S/C12H16O3/c1-9-5-3-6-10(2)12(9)15-8-4-7-11(13)14/h3,5-6H,4,7-8H2,1-2H3,(H,13,14)/p-1. The molecule has 1 aromatic rings. The highest BCUT2D eigenvalue weighted by atomic mass is 16.5. The maximum Gasteiger partial charge on any atom is 0.125 e. The topological polar surface area (TPSA) is 49.4 Å². The van der Waals surface area contributed by atoms with Gasteiger partial charge in [0.1, 0.15) is 5.75 Å². The van der Waals surface area contributed by atoms with Crippen molar-refractivity contribution in [3.63, 3.8) is 0 Å². The molecule has 0 spiro atoms. The molecule has 0 saturated heterocycles. The number of carbonyl (C=O) groups is 1. The van der Waals surface area contributed by atoms with Gasteiger partial charge in [-0.05, 0) is 37.8 Å². The molecule has 1 rings (SSSR count). The Hall–Kier alpha value is -1.51. The summed E-state index contributed by atoms with van der Waals surface area (Å²) in [6, 6.07) is 5.92. The molecule has 0 aliphatic heterocycles. The monoisotopic (exact) mass is 207 g/mol. The number of ether oxygens (including phenoxy) is 1. The molecule has 0 amide bonds. The van der Waals surface area contributed by atoms with Crippen LogP contribution in [0.2, 0.25) is 0 Å². The molecule has 0 saturated carbocycles. The van der Waals surface area contributed by atoms with Gasteiger partial charge in [0.05, 0.1) is 6.61 Å². The average Bonchev–Trinajstić information content (AvgIpc) is 2.15. The molecule has 3 nitrogen and oxygen atoms in total. The third-order valence-electron chi connectivity index (χ3n) is 2.18. The molecule has 0 aliphatic rings. The summed E-state index contributed by atoms with van der Waals surface area (Å²) in [6.45, 7) is 4.36. The van der Waals surface area contributed by atoms with E-state index in [9.17, 15) is 9.90 Å². The van der Waals surface area contributed by atoms with E-state index in [-0.39, 0.29) is 6.42 Å². The summed E-state index contributed by atoms with van der Waals surface area (Å²) in [7, 11) is 0. The number of para-hydroxylation sites is 1. The van der Waals surface area contributed by atoms with Crippen LogP contribution in [0.1, 0.15) is 24.0 Å². The maximum atomic E-state index is 10.2. The summed E-state index contributed by atoms with van der Waals surface area (Å²) in [6.07, 6.45) is 0.529. The van der Waals surface area contributed by atoms with E-state index in [1.54, 1.807) is 0 Å². The quantitative estimate of drug-likeness (QED) is 0.682. The smallest absolute Gasteiger partial charge is 0.125 e.